The van der Waals surface area contributed by atoms with Gasteiger partial charge in [-0.05, 0) is 17.7 Å². The molecule has 0 fully saturated rings. The molecule has 0 heterocycles. The van der Waals surface area contributed by atoms with Crippen LogP contribution in [0.2, 0.25) is 0 Å². The molecule has 6 heteroatoms. The predicted molar refractivity (Wildman–Crippen MR) is 69.8 cm³/mol. The highest BCUT2D eigenvalue weighted by Crippen LogP contribution is 2.34. The molecule has 0 saturated heterocycles. The summed E-state index contributed by atoms with van der Waals surface area (Å²) >= 11 is 0. The molecule has 0 aliphatic carbocycles. The van der Waals surface area contributed by atoms with E-state index >= 15 is 0 Å². The van der Waals surface area contributed by atoms with Crippen LogP contribution in [0.3, 0.4) is 0 Å². The third-order valence-corrected chi connectivity index (χ3v) is 3.42. The second kappa shape index (κ2) is 5.73. The molecule has 0 aromatic heterocycles. The van der Waals surface area contributed by atoms with Crippen LogP contribution >= 0.6 is 0 Å². The van der Waals surface area contributed by atoms with Crippen molar-refractivity contribution in [3.8, 4) is 0 Å². The van der Waals surface area contributed by atoms with Crippen molar-refractivity contribution in [2.24, 2.45) is 5.92 Å². The molecule has 1 atom stereocenters. The zero-order valence-corrected chi connectivity index (χ0v) is 11.2. The van der Waals surface area contributed by atoms with Crippen LogP contribution in [0.4, 0.5) is 0 Å². The Morgan fingerprint density at radius 1 is 1.05 bits per heavy atom. The molecular weight excluding hydrogens is 264 g/mol. The lowest BCUT2D eigenvalue weighted by atomic mass is 9.72. The Bertz CT molecular complexity index is 529. The topological polar surface area (TPSA) is 112 Å². The lowest BCUT2D eigenvalue weighted by molar-refractivity contribution is -0.150. The standard InChI is InChI=1S/C14H16O6/c1-14(2,10(13(19)20)7-11(15)16)9-5-3-8(4-6-9)12(17)18/h3-6,10H,7H2,1-2H3,(H,15,16)(H,17,18)(H,19,20). The summed E-state index contributed by atoms with van der Waals surface area (Å²) in [5.74, 6) is -4.56. The number of hydrogen-bond acceptors (Lipinski definition) is 3. The van der Waals surface area contributed by atoms with Gasteiger partial charge in [0.2, 0.25) is 0 Å². The Morgan fingerprint density at radius 2 is 1.55 bits per heavy atom. The van der Waals surface area contributed by atoms with Crippen molar-refractivity contribution < 1.29 is 29.7 Å². The van der Waals surface area contributed by atoms with Crippen molar-refractivity contribution in [2.75, 3.05) is 0 Å². The minimum atomic E-state index is -1.19. The zero-order valence-electron chi connectivity index (χ0n) is 11.2. The summed E-state index contributed by atoms with van der Waals surface area (Å²) in [5.41, 5.74) is -0.257. The summed E-state index contributed by atoms with van der Waals surface area (Å²) in [5, 5.41) is 26.8. The number of aliphatic carboxylic acids is 2. The molecule has 1 aromatic carbocycles. The van der Waals surface area contributed by atoms with Gasteiger partial charge >= 0.3 is 17.9 Å². The molecular formula is C14H16O6. The Kier molecular flexibility index (Phi) is 4.49. The normalized spacial score (nSPS) is 12.7. The summed E-state index contributed by atoms with van der Waals surface area (Å²) in [6, 6.07) is 5.78. The van der Waals surface area contributed by atoms with Crippen molar-refractivity contribution in [3.63, 3.8) is 0 Å². The Balaban J connectivity index is 3.14. The van der Waals surface area contributed by atoms with Crippen molar-refractivity contribution in [1.82, 2.24) is 0 Å². The summed E-state index contributed by atoms with van der Waals surface area (Å²) in [4.78, 5) is 32.8. The van der Waals surface area contributed by atoms with Crippen LogP contribution < -0.4 is 0 Å². The first-order valence-electron chi connectivity index (χ1n) is 5.94. The highest BCUT2D eigenvalue weighted by atomic mass is 16.4. The molecule has 20 heavy (non-hydrogen) atoms. The fraction of sp³-hybridized carbons (Fsp3) is 0.357. The van der Waals surface area contributed by atoms with E-state index in [1.807, 2.05) is 0 Å². The fourth-order valence-corrected chi connectivity index (χ4v) is 2.07. The SMILES string of the molecule is CC(C)(c1ccc(C(=O)O)cc1)C(CC(=O)O)C(=O)O. The van der Waals surface area contributed by atoms with Crippen LogP contribution in [-0.2, 0) is 15.0 Å². The molecule has 3 N–H and O–H groups in total. The molecule has 0 aliphatic rings. The molecule has 1 unspecified atom stereocenters. The first kappa shape index (κ1) is 15.7. The van der Waals surface area contributed by atoms with Crippen molar-refractivity contribution in [2.45, 2.75) is 25.7 Å². The van der Waals surface area contributed by atoms with Gasteiger partial charge < -0.3 is 15.3 Å². The van der Waals surface area contributed by atoms with Crippen molar-refractivity contribution in [3.05, 3.63) is 35.4 Å². The van der Waals surface area contributed by atoms with E-state index in [9.17, 15) is 19.5 Å². The van der Waals surface area contributed by atoms with E-state index in [1.54, 1.807) is 13.8 Å². The molecule has 0 bridgehead atoms. The van der Waals surface area contributed by atoms with Gasteiger partial charge in [-0.25, -0.2) is 4.79 Å². The van der Waals surface area contributed by atoms with Gasteiger partial charge in [0, 0.05) is 5.41 Å². The molecule has 1 aromatic rings. The first-order valence-corrected chi connectivity index (χ1v) is 5.94. The average Bonchev–Trinajstić information content (AvgIpc) is 2.35. The van der Waals surface area contributed by atoms with E-state index in [2.05, 4.69) is 0 Å². The quantitative estimate of drug-likeness (QED) is 0.733. The first-order chi connectivity index (χ1) is 9.16. The van der Waals surface area contributed by atoms with Crippen LogP contribution in [0.5, 0.6) is 0 Å². The van der Waals surface area contributed by atoms with Gasteiger partial charge in [-0.2, -0.15) is 0 Å². The van der Waals surface area contributed by atoms with Crippen LogP contribution in [0, 0.1) is 5.92 Å². The third-order valence-electron chi connectivity index (χ3n) is 3.42. The maximum Gasteiger partial charge on any atom is 0.335 e. The maximum absolute atomic E-state index is 11.3. The van der Waals surface area contributed by atoms with Gasteiger partial charge in [0.15, 0.2) is 0 Å². The van der Waals surface area contributed by atoms with Gasteiger partial charge in [-0.3, -0.25) is 9.59 Å². The Labute approximate surface area is 115 Å². The second-order valence-electron chi connectivity index (χ2n) is 5.09. The number of carbonyl (C=O) groups is 3. The minimum absolute atomic E-state index is 0.0923. The summed E-state index contributed by atoms with van der Waals surface area (Å²) in [6.07, 6.45) is -0.497. The van der Waals surface area contributed by atoms with E-state index in [1.165, 1.54) is 24.3 Å². The predicted octanol–water partition coefficient (Wildman–Crippen LogP) is 1.84. The minimum Gasteiger partial charge on any atom is -0.481 e. The summed E-state index contributed by atoms with van der Waals surface area (Å²) in [7, 11) is 0. The average molecular weight is 280 g/mol. The van der Waals surface area contributed by atoms with Gasteiger partial charge in [-0.1, -0.05) is 26.0 Å². The van der Waals surface area contributed by atoms with Gasteiger partial charge in [0.25, 0.3) is 0 Å². The van der Waals surface area contributed by atoms with Crippen LogP contribution in [-0.4, -0.2) is 33.2 Å². The molecule has 0 radical (unpaired) electrons. The summed E-state index contributed by atoms with van der Waals surface area (Å²) < 4.78 is 0. The Morgan fingerprint density at radius 3 is 1.90 bits per heavy atom. The molecule has 0 spiro atoms. The van der Waals surface area contributed by atoms with Crippen LogP contribution in [0.25, 0.3) is 0 Å². The third kappa shape index (κ3) is 3.34. The summed E-state index contributed by atoms with van der Waals surface area (Å²) in [6.45, 7) is 3.26. The van der Waals surface area contributed by atoms with Gasteiger partial charge in [0.1, 0.15) is 0 Å². The number of hydrogen-bond donors (Lipinski definition) is 3. The molecule has 6 nitrogen and oxygen atoms in total. The van der Waals surface area contributed by atoms with Crippen LogP contribution in [0.15, 0.2) is 24.3 Å². The second-order valence-corrected chi connectivity index (χ2v) is 5.09. The monoisotopic (exact) mass is 280 g/mol. The number of rotatable bonds is 6. The molecule has 1 rings (SSSR count). The van der Waals surface area contributed by atoms with E-state index in [4.69, 9.17) is 10.2 Å². The van der Waals surface area contributed by atoms with Gasteiger partial charge in [0.05, 0.1) is 17.9 Å². The zero-order chi connectivity index (χ0) is 15.5. The van der Waals surface area contributed by atoms with E-state index in [0.717, 1.165) is 0 Å². The fourth-order valence-electron chi connectivity index (χ4n) is 2.07. The lowest BCUT2D eigenvalue weighted by Gasteiger charge is -2.31. The largest absolute Gasteiger partial charge is 0.481 e. The maximum atomic E-state index is 11.3. The number of benzene rings is 1. The van der Waals surface area contributed by atoms with Crippen LogP contribution in [0.1, 0.15) is 36.2 Å². The van der Waals surface area contributed by atoms with Crippen molar-refractivity contribution in [1.29, 1.82) is 0 Å². The number of aromatic carboxylic acids is 1. The number of carboxylic acids is 3. The lowest BCUT2D eigenvalue weighted by Crippen LogP contribution is -2.36. The molecule has 0 aliphatic heterocycles. The van der Waals surface area contributed by atoms with Gasteiger partial charge in [-0.15, -0.1) is 0 Å². The molecule has 0 amide bonds. The molecule has 0 saturated carbocycles. The number of carboxylic acid groups (broad SMARTS) is 3. The van der Waals surface area contributed by atoms with E-state index in [-0.39, 0.29) is 5.56 Å². The van der Waals surface area contributed by atoms with E-state index in [0.29, 0.717) is 5.56 Å². The highest BCUT2D eigenvalue weighted by Gasteiger charge is 2.38. The molecule has 108 valence electrons. The highest BCUT2D eigenvalue weighted by molar-refractivity contribution is 5.87. The van der Waals surface area contributed by atoms with Crippen molar-refractivity contribution >= 4 is 17.9 Å². The smallest absolute Gasteiger partial charge is 0.335 e. The van der Waals surface area contributed by atoms with E-state index < -0.39 is 35.7 Å². The Hall–Kier alpha value is -2.37.